The van der Waals surface area contributed by atoms with Gasteiger partial charge in [-0.2, -0.15) is 0 Å². The summed E-state index contributed by atoms with van der Waals surface area (Å²) in [5.41, 5.74) is 13.2. The molecular formula is C38H21BN2S2. The number of benzene rings is 6. The Labute approximate surface area is 256 Å². The molecule has 0 radical (unpaired) electrons. The number of aromatic nitrogens is 1. The van der Waals surface area contributed by atoms with Crippen molar-refractivity contribution in [1.29, 1.82) is 0 Å². The molecule has 0 aliphatic carbocycles. The SMILES string of the molecule is c1ccc(-c2cc3c4c(c2)N2c5ccccc5Sc5cccc(c52)B4n2c4sc5ccccc5c4c4cccc-3c42)cc1. The van der Waals surface area contributed by atoms with Crippen molar-refractivity contribution in [3.8, 4) is 22.3 Å². The molecule has 198 valence electrons. The third kappa shape index (κ3) is 2.78. The minimum atomic E-state index is 0.0925. The zero-order chi connectivity index (χ0) is 27.8. The second-order valence-electron chi connectivity index (χ2n) is 11.7. The number of para-hydroxylation sites is 3. The van der Waals surface area contributed by atoms with Crippen LogP contribution in [0.15, 0.2) is 137 Å². The van der Waals surface area contributed by atoms with Crippen LogP contribution in [0.25, 0.3) is 53.5 Å². The van der Waals surface area contributed by atoms with Gasteiger partial charge in [0.25, 0.3) is 0 Å². The average Bonchev–Trinajstić information content (AvgIpc) is 3.60. The molecule has 0 amide bonds. The zero-order valence-electron chi connectivity index (χ0n) is 22.9. The van der Waals surface area contributed by atoms with E-state index in [-0.39, 0.29) is 6.85 Å². The van der Waals surface area contributed by atoms with Crippen molar-refractivity contribution in [2.45, 2.75) is 9.79 Å². The first-order chi connectivity index (χ1) is 21.3. The monoisotopic (exact) mass is 580 g/mol. The van der Waals surface area contributed by atoms with Gasteiger partial charge in [0.2, 0.25) is 0 Å². The van der Waals surface area contributed by atoms with Gasteiger partial charge in [-0.3, -0.25) is 0 Å². The Kier molecular flexibility index (Phi) is 4.26. The molecular weight excluding hydrogens is 559 g/mol. The van der Waals surface area contributed by atoms with Gasteiger partial charge in [0.05, 0.1) is 16.2 Å². The molecule has 0 unspecified atom stereocenters. The second-order valence-corrected chi connectivity index (χ2v) is 13.8. The summed E-state index contributed by atoms with van der Waals surface area (Å²) < 4.78 is 4.04. The molecule has 2 nitrogen and oxygen atoms in total. The molecule has 11 rings (SSSR count). The summed E-state index contributed by atoms with van der Waals surface area (Å²) in [5, 5.41) is 4.10. The predicted octanol–water partition coefficient (Wildman–Crippen LogP) is 9.56. The van der Waals surface area contributed by atoms with E-state index >= 15 is 0 Å². The van der Waals surface area contributed by atoms with Gasteiger partial charge >= 0.3 is 6.85 Å². The largest absolute Gasteiger partial charge is 0.367 e. The number of fused-ring (bicyclic) bond motifs is 11. The molecule has 6 aromatic carbocycles. The molecule has 0 fully saturated rings. The summed E-state index contributed by atoms with van der Waals surface area (Å²) in [4.78, 5) is 6.56. The number of hydrogen-bond acceptors (Lipinski definition) is 3. The van der Waals surface area contributed by atoms with Crippen LogP contribution in [-0.4, -0.2) is 11.3 Å². The highest BCUT2D eigenvalue weighted by atomic mass is 32.2. The number of nitrogens with zero attached hydrogens (tertiary/aromatic N) is 2. The Hall–Kier alpha value is -4.71. The van der Waals surface area contributed by atoms with Crippen molar-refractivity contribution in [1.82, 2.24) is 4.48 Å². The normalized spacial score (nSPS) is 13.9. The first-order valence-electron chi connectivity index (χ1n) is 14.7. The second kappa shape index (κ2) is 8.01. The average molecular weight is 581 g/mol. The number of anilines is 3. The molecule has 0 atom stereocenters. The summed E-state index contributed by atoms with van der Waals surface area (Å²) in [5.74, 6) is 0. The van der Waals surface area contributed by atoms with Crippen molar-refractivity contribution in [3.05, 3.63) is 127 Å². The molecule has 0 saturated carbocycles. The first-order valence-corrected chi connectivity index (χ1v) is 16.4. The topological polar surface area (TPSA) is 8.17 Å². The third-order valence-corrected chi connectivity index (χ3v) is 11.8. The van der Waals surface area contributed by atoms with Crippen LogP contribution in [0.4, 0.5) is 17.1 Å². The van der Waals surface area contributed by atoms with Crippen molar-refractivity contribution in [2.75, 3.05) is 4.90 Å². The van der Waals surface area contributed by atoms with E-state index < -0.39 is 0 Å². The van der Waals surface area contributed by atoms with E-state index in [2.05, 4.69) is 137 Å². The maximum atomic E-state index is 2.69. The van der Waals surface area contributed by atoms with Crippen LogP contribution < -0.4 is 15.8 Å². The van der Waals surface area contributed by atoms with Gasteiger partial charge < -0.3 is 9.38 Å². The van der Waals surface area contributed by atoms with Crippen molar-refractivity contribution < 1.29 is 0 Å². The molecule has 0 N–H and O–H groups in total. The van der Waals surface area contributed by atoms with Gasteiger partial charge in [0, 0.05) is 47.4 Å². The summed E-state index contributed by atoms with van der Waals surface area (Å²) in [6, 6.07) is 47.5. The van der Waals surface area contributed by atoms with Crippen LogP contribution in [0.3, 0.4) is 0 Å². The van der Waals surface area contributed by atoms with E-state index in [1.54, 1.807) is 0 Å². The fourth-order valence-corrected chi connectivity index (χ4v) is 10.2. The number of rotatable bonds is 1. The lowest BCUT2D eigenvalue weighted by Crippen LogP contribution is -2.57. The molecule has 2 aromatic heterocycles. The summed E-state index contributed by atoms with van der Waals surface area (Å²) in [7, 11) is 0. The van der Waals surface area contributed by atoms with Gasteiger partial charge in [0.15, 0.2) is 0 Å². The van der Waals surface area contributed by atoms with Crippen LogP contribution in [0.2, 0.25) is 0 Å². The molecule has 3 aliphatic rings. The van der Waals surface area contributed by atoms with E-state index in [1.165, 1.54) is 91.2 Å². The van der Waals surface area contributed by atoms with Crippen molar-refractivity contribution >= 4 is 89.1 Å². The van der Waals surface area contributed by atoms with E-state index in [0.717, 1.165) is 0 Å². The summed E-state index contributed by atoms with van der Waals surface area (Å²) in [6.45, 7) is 0.0925. The Morgan fingerprint density at radius 2 is 1.37 bits per heavy atom. The van der Waals surface area contributed by atoms with E-state index in [9.17, 15) is 0 Å². The fraction of sp³-hybridized carbons (Fsp3) is 0. The Morgan fingerprint density at radius 1 is 0.581 bits per heavy atom. The van der Waals surface area contributed by atoms with Crippen LogP contribution >= 0.6 is 23.1 Å². The lowest BCUT2D eigenvalue weighted by Gasteiger charge is -2.43. The molecule has 0 bridgehead atoms. The standard InChI is InChI=1S/C38H21BN2S2/c1-2-10-22(11-3-1)23-20-27-24-13-8-14-26-34-25-12-4-6-17-31(25)43-38(34)41(36(24)26)39-28-15-9-19-33-37(28)40(30(21-23)35(27)39)29-16-5-7-18-32(29)42-33/h1-21H. The van der Waals surface area contributed by atoms with Crippen LogP contribution in [0.1, 0.15) is 0 Å². The van der Waals surface area contributed by atoms with Crippen LogP contribution in [0.5, 0.6) is 0 Å². The Bertz CT molecular complexity index is 2510. The third-order valence-electron chi connectivity index (χ3n) is 9.54. The highest BCUT2D eigenvalue weighted by molar-refractivity contribution is 7.99. The minimum Gasteiger partial charge on any atom is -0.367 e. The van der Waals surface area contributed by atoms with Gasteiger partial charge in [-0.15, -0.1) is 11.3 Å². The highest BCUT2D eigenvalue weighted by Gasteiger charge is 2.45. The van der Waals surface area contributed by atoms with Crippen molar-refractivity contribution in [3.63, 3.8) is 0 Å². The summed E-state index contributed by atoms with van der Waals surface area (Å²) >= 11 is 3.84. The molecule has 5 heterocycles. The van der Waals surface area contributed by atoms with Crippen LogP contribution in [0, 0.1) is 0 Å². The minimum absolute atomic E-state index is 0.0925. The quantitative estimate of drug-likeness (QED) is 0.179. The van der Waals surface area contributed by atoms with E-state index in [4.69, 9.17) is 0 Å². The zero-order valence-corrected chi connectivity index (χ0v) is 24.5. The molecule has 0 saturated heterocycles. The predicted molar refractivity (Wildman–Crippen MR) is 185 cm³/mol. The van der Waals surface area contributed by atoms with Gasteiger partial charge in [0.1, 0.15) is 0 Å². The Morgan fingerprint density at radius 3 is 2.33 bits per heavy atom. The molecule has 0 spiro atoms. The van der Waals surface area contributed by atoms with Crippen LogP contribution in [-0.2, 0) is 0 Å². The number of hydrogen-bond donors (Lipinski definition) is 0. The fourth-order valence-electron chi connectivity index (χ4n) is 7.89. The maximum Gasteiger partial charge on any atom is 0.333 e. The first kappa shape index (κ1) is 22.8. The Balaban J connectivity index is 1.36. The van der Waals surface area contributed by atoms with Gasteiger partial charge in [-0.25, -0.2) is 0 Å². The lowest BCUT2D eigenvalue weighted by molar-refractivity contribution is 1.16. The molecule has 8 aromatic rings. The highest BCUT2D eigenvalue weighted by Crippen LogP contribution is 2.55. The number of thiophene rings is 1. The lowest BCUT2D eigenvalue weighted by atomic mass is 9.45. The van der Waals surface area contributed by atoms with Crippen molar-refractivity contribution in [2.24, 2.45) is 0 Å². The smallest absolute Gasteiger partial charge is 0.333 e. The van der Waals surface area contributed by atoms with Gasteiger partial charge in [-0.1, -0.05) is 103 Å². The molecule has 5 heteroatoms. The summed E-state index contributed by atoms with van der Waals surface area (Å²) in [6.07, 6.45) is 0. The van der Waals surface area contributed by atoms with E-state index in [0.29, 0.717) is 0 Å². The molecule has 43 heavy (non-hydrogen) atoms. The molecule has 3 aliphatic heterocycles. The van der Waals surface area contributed by atoms with Gasteiger partial charge in [-0.05, 0) is 64.0 Å². The maximum absolute atomic E-state index is 2.69. The van der Waals surface area contributed by atoms with E-state index in [1.807, 2.05) is 23.1 Å².